The first-order chi connectivity index (χ1) is 22.6. The third-order valence-electron chi connectivity index (χ3n) is 11.7. The van der Waals surface area contributed by atoms with Crippen LogP contribution in [0, 0.1) is 23.2 Å². The zero-order valence-electron chi connectivity index (χ0n) is 29.8. The second kappa shape index (κ2) is 16.4. The standard InChI is InChI=1S/C41H60N4O2/c1-30(15-16-39(46)42-28-34-18-24-44-22-8-13-37(34)44)11-7-20-41(5)21-17-32(3)27-36(41)26-31(2)10-6-12-33(4)40(47)43-29-35-19-25-45-23-9-14-38(35)45/h6-7,10-12,15-16,20,26-27,34-38H,8-9,13-14,17-19,21-25,28-29H2,1-5H3,(H,42,46)(H,43,47)/b10-6+,16-15+,20-7+,30-11+,31-26+,33-12+/t34-,35-,36-,37-,38-,41-/m1/s1. The molecule has 0 unspecified atom stereocenters. The van der Waals surface area contributed by atoms with Gasteiger partial charge in [-0.15, -0.1) is 0 Å². The summed E-state index contributed by atoms with van der Waals surface area (Å²) in [5, 5.41) is 6.33. The number of carbonyl (C=O) groups is 2. The Morgan fingerprint density at radius 2 is 1.49 bits per heavy atom. The predicted molar refractivity (Wildman–Crippen MR) is 195 cm³/mol. The Labute approximate surface area is 284 Å². The summed E-state index contributed by atoms with van der Waals surface area (Å²) in [7, 11) is 0. The Balaban J connectivity index is 1.10. The first kappa shape index (κ1) is 35.3. The number of hydrogen-bond acceptors (Lipinski definition) is 4. The van der Waals surface area contributed by atoms with E-state index in [1.807, 2.05) is 25.2 Å². The van der Waals surface area contributed by atoms with Gasteiger partial charge in [-0.25, -0.2) is 0 Å². The summed E-state index contributed by atoms with van der Waals surface area (Å²) < 4.78 is 0. The highest BCUT2D eigenvalue weighted by atomic mass is 16.2. The molecule has 6 atom stereocenters. The van der Waals surface area contributed by atoms with Crippen LogP contribution in [-0.2, 0) is 9.59 Å². The average molecular weight is 641 g/mol. The molecule has 0 aromatic heterocycles. The van der Waals surface area contributed by atoms with E-state index in [9.17, 15) is 9.59 Å². The molecule has 5 aliphatic rings. The molecule has 4 heterocycles. The number of nitrogens with zero attached hydrogens (tertiary/aromatic N) is 2. The van der Waals surface area contributed by atoms with Gasteiger partial charge >= 0.3 is 0 Å². The summed E-state index contributed by atoms with van der Waals surface area (Å²) in [5.74, 6) is 1.52. The Morgan fingerprint density at radius 3 is 2.17 bits per heavy atom. The van der Waals surface area contributed by atoms with E-state index in [0.717, 1.165) is 37.1 Å². The van der Waals surface area contributed by atoms with Crippen LogP contribution < -0.4 is 10.6 Å². The van der Waals surface area contributed by atoms with Crippen LogP contribution in [0.15, 0.2) is 83.1 Å². The number of hydrogen-bond donors (Lipinski definition) is 2. The minimum atomic E-state index is 0.00174. The number of rotatable bonds is 12. The second-order valence-corrected chi connectivity index (χ2v) is 15.3. The largest absolute Gasteiger partial charge is 0.352 e. The van der Waals surface area contributed by atoms with Crippen LogP contribution in [0.2, 0.25) is 0 Å². The van der Waals surface area contributed by atoms with Crippen molar-refractivity contribution >= 4 is 11.8 Å². The molecule has 0 bridgehead atoms. The fraction of sp³-hybridized carbons (Fsp3) is 0.610. The predicted octanol–water partition coefficient (Wildman–Crippen LogP) is 7.06. The number of fused-ring (bicyclic) bond motifs is 2. The van der Waals surface area contributed by atoms with Gasteiger partial charge in [-0.2, -0.15) is 0 Å². The molecular weight excluding hydrogens is 580 g/mol. The van der Waals surface area contributed by atoms with Crippen LogP contribution in [0.4, 0.5) is 0 Å². The molecule has 0 aromatic rings. The molecule has 5 rings (SSSR count). The van der Waals surface area contributed by atoms with E-state index in [4.69, 9.17) is 0 Å². The SMILES string of the molecule is CC1=C[C@@H](/C=C(C)/C=C/C=C(\C)C(=O)NC[C@H]2CCN3CCC[C@H]23)[C@](C)(/C=C/C=C(C)/C=C/C(=O)NC[C@H]2CCN3CCC[C@H]23)CC1. The van der Waals surface area contributed by atoms with Gasteiger partial charge in [0.15, 0.2) is 0 Å². The van der Waals surface area contributed by atoms with Crippen molar-refractivity contribution in [1.29, 1.82) is 0 Å². The lowest BCUT2D eigenvalue weighted by Gasteiger charge is -2.36. The van der Waals surface area contributed by atoms with E-state index in [1.54, 1.807) is 6.08 Å². The highest BCUT2D eigenvalue weighted by Gasteiger charge is 2.38. The molecular formula is C41H60N4O2. The van der Waals surface area contributed by atoms with Gasteiger partial charge in [-0.1, -0.05) is 78.3 Å². The van der Waals surface area contributed by atoms with Crippen LogP contribution in [0.1, 0.15) is 86.0 Å². The normalized spacial score (nSPS) is 32.5. The molecule has 4 aliphatic heterocycles. The van der Waals surface area contributed by atoms with Crippen LogP contribution in [0.5, 0.6) is 0 Å². The Kier molecular flexibility index (Phi) is 12.4. The van der Waals surface area contributed by atoms with Crippen molar-refractivity contribution in [2.24, 2.45) is 23.2 Å². The summed E-state index contributed by atoms with van der Waals surface area (Å²) >= 11 is 0. The number of allylic oxidation sites excluding steroid dienone is 12. The Morgan fingerprint density at radius 1 is 0.830 bits per heavy atom. The van der Waals surface area contributed by atoms with Crippen LogP contribution in [-0.4, -0.2) is 73.0 Å². The first-order valence-electron chi connectivity index (χ1n) is 18.4. The lowest BCUT2D eigenvalue weighted by atomic mass is 9.68. The van der Waals surface area contributed by atoms with Crippen LogP contribution >= 0.6 is 0 Å². The number of carbonyl (C=O) groups excluding carboxylic acids is 2. The zero-order chi connectivity index (χ0) is 33.4. The van der Waals surface area contributed by atoms with E-state index < -0.39 is 0 Å². The van der Waals surface area contributed by atoms with Crippen LogP contribution in [0.25, 0.3) is 0 Å². The summed E-state index contributed by atoms with van der Waals surface area (Å²) in [5.41, 5.74) is 4.44. The third kappa shape index (κ3) is 9.57. The monoisotopic (exact) mass is 640 g/mol. The minimum Gasteiger partial charge on any atom is -0.352 e. The van der Waals surface area contributed by atoms with Gasteiger partial charge in [0, 0.05) is 42.7 Å². The first-order valence-corrected chi connectivity index (χ1v) is 18.4. The third-order valence-corrected chi connectivity index (χ3v) is 11.7. The quantitative estimate of drug-likeness (QED) is 0.136. The van der Waals surface area contributed by atoms with E-state index in [1.165, 1.54) is 75.9 Å². The molecule has 2 amide bonds. The summed E-state index contributed by atoms with van der Waals surface area (Å²) in [6, 6.07) is 1.35. The van der Waals surface area contributed by atoms with Gasteiger partial charge in [0.05, 0.1) is 0 Å². The van der Waals surface area contributed by atoms with E-state index >= 15 is 0 Å². The van der Waals surface area contributed by atoms with Crippen molar-refractivity contribution in [2.45, 2.75) is 98.1 Å². The van der Waals surface area contributed by atoms with Crippen molar-refractivity contribution in [3.05, 3.63) is 83.1 Å². The van der Waals surface area contributed by atoms with E-state index in [2.05, 4.69) is 84.6 Å². The lowest BCUT2D eigenvalue weighted by Crippen LogP contribution is -2.35. The van der Waals surface area contributed by atoms with Crippen molar-refractivity contribution in [3.63, 3.8) is 0 Å². The molecule has 1 aliphatic carbocycles. The molecule has 6 heteroatoms. The zero-order valence-corrected chi connectivity index (χ0v) is 29.8. The molecule has 0 aromatic carbocycles. The molecule has 0 saturated carbocycles. The maximum atomic E-state index is 12.8. The van der Waals surface area contributed by atoms with Gasteiger partial charge < -0.3 is 20.4 Å². The van der Waals surface area contributed by atoms with Crippen LogP contribution in [0.3, 0.4) is 0 Å². The Hall–Kier alpha value is -2.96. The lowest BCUT2D eigenvalue weighted by molar-refractivity contribution is -0.118. The van der Waals surface area contributed by atoms with Crippen molar-refractivity contribution in [1.82, 2.24) is 20.4 Å². The molecule has 0 radical (unpaired) electrons. The summed E-state index contributed by atoms with van der Waals surface area (Å²) in [6.45, 7) is 17.1. The molecule has 4 saturated heterocycles. The number of nitrogens with one attached hydrogen (secondary N) is 2. The van der Waals surface area contributed by atoms with E-state index in [0.29, 0.717) is 23.9 Å². The minimum absolute atomic E-state index is 0.00174. The maximum Gasteiger partial charge on any atom is 0.246 e. The average Bonchev–Trinajstić information content (AvgIpc) is 3.84. The number of amides is 2. The van der Waals surface area contributed by atoms with Crippen molar-refractivity contribution < 1.29 is 9.59 Å². The van der Waals surface area contributed by atoms with Gasteiger partial charge in [0.2, 0.25) is 11.8 Å². The fourth-order valence-corrected chi connectivity index (χ4v) is 8.59. The van der Waals surface area contributed by atoms with Crippen molar-refractivity contribution in [3.8, 4) is 0 Å². The molecule has 4 fully saturated rings. The molecule has 2 N–H and O–H groups in total. The van der Waals surface area contributed by atoms with E-state index in [-0.39, 0.29) is 23.1 Å². The second-order valence-electron chi connectivity index (χ2n) is 15.3. The fourth-order valence-electron chi connectivity index (χ4n) is 8.59. The van der Waals surface area contributed by atoms with Gasteiger partial charge in [0.25, 0.3) is 0 Å². The van der Waals surface area contributed by atoms with Gasteiger partial charge in [-0.05, 0) is 122 Å². The van der Waals surface area contributed by atoms with Gasteiger partial charge in [-0.3, -0.25) is 9.59 Å². The molecule has 6 nitrogen and oxygen atoms in total. The summed E-state index contributed by atoms with van der Waals surface area (Å²) in [6.07, 6.45) is 30.8. The smallest absolute Gasteiger partial charge is 0.246 e. The Bertz CT molecular complexity index is 1350. The maximum absolute atomic E-state index is 12.8. The highest BCUT2D eigenvalue weighted by molar-refractivity contribution is 5.93. The topological polar surface area (TPSA) is 64.7 Å². The van der Waals surface area contributed by atoms with Gasteiger partial charge in [0.1, 0.15) is 0 Å². The highest BCUT2D eigenvalue weighted by Crippen LogP contribution is 2.42. The molecule has 0 spiro atoms. The molecule has 256 valence electrons. The molecule has 47 heavy (non-hydrogen) atoms. The van der Waals surface area contributed by atoms with Crippen molar-refractivity contribution in [2.75, 3.05) is 39.3 Å². The summed E-state index contributed by atoms with van der Waals surface area (Å²) in [4.78, 5) is 30.4.